The van der Waals surface area contributed by atoms with Crippen molar-refractivity contribution in [3.8, 4) is 0 Å². The number of hydrazine groups is 1. The maximum Gasteiger partial charge on any atom is 0.390 e. The maximum atomic E-state index is 12.3. The van der Waals surface area contributed by atoms with E-state index in [0.29, 0.717) is 5.56 Å². The normalized spacial score (nSPS) is 13.9. The Morgan fingerprint density at radius 2 is 1.88 bits per heavy atom. The summed E-state index contributed by atoms with van der Waals surface area (Å²) in [6.45, 7) is 3.77. The minimum Gasteiger partial charge on any atom is -0.271 e. The Bertz CT molecular complexity index is 361. The molecule has 0 radical (unpaired) electrons. The molecule has 90 valence electrons. The Hall–Kier alpha value is -1.07. The molecule has 1 aromatic carbocycles. The predicted octanol–water partition coefficient (Wildman–Crippen LogP) is 2.76. The molecule has 0 saturated heterocycles. The van der Waals surface area contributed by atoms with Crippen LogP contribution in [0, 0.1) is 13.8 Å². The molecule has 1 aromatic rings. The number of nitrogens with two attached hydrogens (primary N) is 1. The van der Waals surface area contributed by atoms with E-state index >= 15 is 0 Å². The van der Waals surface area contributed by atoms with Gasteiger partial charge in [-0.15, -0.1) is 0 Å². The van der Waals surface area contributed by atoms with Crippen LogP contribution in [0.2, 0.25) is 0 Å². The molecular weight excluding hydrogens is 217 g/mol. The van der Waals surface area contributed by atoms with Crippen LogP contribution in [0.1, 0.15) is 29.2 Å². The Balaban J connectivity index is 2.91. The van der Waals surface area contributed by atoms with Crippen molar-refractivity contribution in [1.29, 1.82) is 0 Å². The fourth-order valence-electron chi connectivity index (χ4n) is 1.49. The zero-order valence-electron chi connectivity index (χ0n) is 9.23. The monoisotopic (exact) mass is 232 g/mol. The van der Waals surface area contributed by atoms with E-state index in [2.05, 4.69) is 5.43 Å². The van der Waals surface area contributed by atoms with Crippen LogP contribution >= 0.6 is 0 Å². The van der Waals surface area contributed by atoms with Gasteiger partial charge in [0.1, 0.15) is 0 Å². The van der Waals surface area contributed by atoms with Gasteiger partial charge in [0.05, 0.1) is 12.5 Å². The second-order valence-corrected chi connectivity index (χ2v) is 3.88. The summed E-state index contributed by atoms with van der Waals surface area (Å²) >= 11 is 0. The van der Waals surface area contributed by atoms with Crippen LogP contribution < -0.4 is 11.3 Å². The van der Waals surface area contributed by atoms with Gasteiger partial charge in [0.25, 0.3) is 0 Å². The molecule has 0 aliphatic rings. The summed E-state index contributed by atoms with van der Waals surface area (Å²) in [4.78, 5) is 0. The van der Waals surface area contributed by atoms with Crippen LogP contribution in [0.3, 0.4) is 0 Å². The van der Waals surface area contributed by atoms with Crippen LogP contribution in [0.4, 0.5) is 13.2 Å². The van der Waals surface area contributed by atoms with Gasteiger partial charge in [0.15, 0.2) is 0 Å². The van der Waals surface area contributed by atoms with Gasteiger partial charge >= 0.3 is 6.18 Å². The first-order chi connectivity index (χ1) is 7.33. The first kappa shape index (κ1) is 13.0. The lowest BCUT2D eigenvalue weighted by Gasteiger charge is -2.19. The minimum absolute atomic E-state index is 0.558. The van der Waals surface area contributed by atoms with E-state index in [-0.39, 0.29) is 0 Å². The van der Waals surface area contributed by atoms with Crippen molar-refractivity contribution in [2.75, 3.05) is 0 Å². The molecule has 2 nitrogen and oxygen atoms in total. The van der Waals surface area contributed by atoms with Gasteiger partial charge in [-0.2, -0.15) is 13.2 Å². The van der Waals surface area contributed by atoms with E-state index in [0.717, 1.165) is 11.1 Å². The maximum absolute atomic E-state index is 12.3. The number of hydrogen-bond donors (Lipinski definition) is 2. The van der Waals surface area contributed by atoms with E-state index in [1.807, 2.05) is 13.8 Å². The predicted molar refractivity (Wildman–Crippen MR) is 56.7 cm³/mol. The van der Waals surface area contributed by atoms with Crippen LogP contribution in [0.15, 0.2) is 18.2 Å². The smallest absolute Gasteiger partial charge is 0.271 e. The van der Waals surface area contributed by atoms with Gasteiger partial charge in [0, 0.05) is 0 Å². The third-order valence-corrected chi connectivity index (χ3v) is 2.57. The standard InChI is InChI=1S/C11H15F3N2/c1-7-3-4-9(5-8(7)2)10(16-15)6-11(12,13)14/h3-5,10,16H,6,15H2,1-2H3. The molecule has 0 aliphatic heterocycles. The highest BCUT2D eigenvalue weighted by Crippen LogP contribution is 2.29. The molecule has 3 N–H and O–H groups in total. The van der Waals surface area contributed by atoms with Crippen molar-refractivity contribution in [3.63, 3.8) is 0 Å². The molecule has 0 aliphatic carbocycles. The SMILES string of the molecule is Cc1ccc(C(CC(F)(F)F)NN)cc1C. The zero-order valence-corrected chi connectivity index (χ0v) is 9.23. The van der Waals surface area contributed by atoms with Gasteiger partial charge in [-0.3, -0.25) is 11.3 Å². The quantitative estimate of drug-likeness (QED) is 0.621. The highest BCUT2D eigenvalue weighted by atomic mass is 19.4. The van der Waals surface area contributed by atoms with E-state index in [9.17, 15) is 13.2 Å². The van der Waals surface area contributed by atoms with Crippen LogP contribution in [0.5, 0.6) is 0 Å². The average Bonchev–Trinajstić information content (AvgIpc) is 2.17. The second-order valence-electron chi connectivity index (χ2n) is 3.88. The summed E-state index contributed by atoms with van der Waals surface area (Å²) in [5, 5.41) is 0. The summed E-state index contributed by atoms with van der Waals surface area (Å²) in [7, 11) is 0. The van der Waals surface area contributed by atoms with E-state index in [4.69, 9.17) is 5.84 Å². The van der Waals surface area contributed by atoms with Gasteiger partial charge in [-0.25, -0.2) is 0 Å². The fourth-order valence-corrected chi connectivity index (χ4v) is 1.49. The topological polar surface area (TPSA) is 38.0 Å². The number of halogens is 3. The largest absolute Gasteiger partial charge is 0.390 e. The molecule has 1 rings (SSSR count). The molecule has 1 atom stereocenters. The highest BCUT2D eigenvalue weighted by Gasteiger charge is 2.32. The molecule has 0 heterocycles. The number of nitrogens with one attached hydrogen (secondary N) is 1. The molecular formula is C11H15F3N2. The van der Waals surface area contributed by atoms with Crippen LogP contribution in [-0.4, -0.2) is 6.18 Å². The number of rotatable bonds is 3. The highest BCUT2D eigenvalue weighted by molar-refractivity contribution is 5.31. The van der Waals surface area contributed by atoms with E-state index < -0.39 is 18.6 Å². The lowest BCUT2D eigenvalue weighted by molar-refractivity contribution is -0.140. The Kier molecular flexibility index (Phi) is 3.93. The van der Waals surface area contributed by atoms with Crippen molar-refractivity contribution < 1.29 is 13.2 Å². The lowest BCUT2D eigenvalue weighted by Crippen LogP contribution is -2.31. The van der Waals surface area contributed by atoms with Crippen molar-refractivity contribution in [3.05, 3.63) is 34.9 Å². The Morgan fingerprint density at radius 1 is 1.25 bits per heavy atom. The van der Waals surface area contributed by atoms with Gasteiger partial charge in [-0.1, -0.05) is 18.2 Å². The Labute approximate surface area is 92.6 Å². The molecule has 0 bridgehead atoms. The first-order valence-electron chi connectivity index (χ1n) is 4.93. The van der Waals surface area contributed by atoms with Gasteiger partial charge in [0.2, 0.25) is 0 Å². The molecule has 0 amide bonds. The second kappa shape index (κ2) is 4.84. The summed E-state index contributed by atoms with van der Waals surface area (Å²) in [5.74, 6) is 5.15. The molecule has 0 fully saturated rings. The van der Waals surface area contributed by atoms with Crippen LogP contribution in [-0.2, 0) is 0 Å². The van der Waals surface area contributed by atoms with Gasteiger partial charge in [-0.05, 0) is 30.5 Å². The van der Waals surface area contributed by atoms with Crippen molar-refractivity contribution in [2.24, 2.45) is 5.84 Å². The average molecular weight is 232 g/mol. The zero-order chi connectivity index (χ0) is 12.3. The van der Waals surface area contributed by atoms with E-state index in [1.54, 1.807) is 18.2 Å². The molecule has 0 aromatic heterocycles. The fraction of sp³-hybridized carbons (Fsp3) is 0.455. The minimum atomic E-state index is -4.23. The Morgan fingerprint density at radius 3 is 2.31 bits per heavy atom. The lowest BCUT2D eigenvalue weighted by atomic mass is 9.99. The molecule has 1 unspecified atom stereocenters. The number of alkyl halides is 3. The third kappa shape index (κ3) is 3.50. The molecule has 16 heavy (non-hydrogen) atoms. The van der Waals surface area contributed by atoms with Gasteiger partial charge < -0.3 is 0 Å². The first-order valence-corrected chi connectivity index (χ1v) is 4.93. The summed E-state index contributed by atoms with van der Waals surface area (Å²) in [6, 6.07) is 4.30. The molecule has 0 spiro atoms. The van der Waals surface area contributed by atoms with Crippen molar-refractivity contribution in [1.82, 2.24) is 5.43 Å². The number of hydrogen-bond acceptors (Lipinski definition) is 2. The van der Waals surface area contributed by atoms with Crippen molar-refractivity contribution >= 4 is 0 Å². The number of aryl methyl sites for hydroxylation is 2. The van der Waals surface area contributed by atoms with Crippen LogP contribution in [0.25, 0.3) is 0 Å². The third-order valence-electron chi connectivity index (χ3n) is 2.57. The number of benzene rings is 1. The molecule has 5 heteroatoms. The summed E-state index contributed by atoms with van der Waals surface area (Å²) in [6.07, 6.45) is -5.19. The van der Waals surface area contributed by atoms with Crippen molar-refractivity contribution in [2.45, 2.75) is 32.5 Å². The summed E-state index contributed by atoms with van der Waals surface area (Å²) in [5.41, 5.74) is 4.77. The molecule has 0 saturated carbocycles. The summed E-state index contributed by atoms with van der Waals surface area (Å²) < 4.78 is 36.8. The van der Waals surface area contributed by atoms with E-state index in [1.165, 1.54) is 0 Å².